The number of hydrogen-bond acceptors (Lipinski definition) is 8. The molecule has 0 amide bonds. The zero-order valence-electron chi connectivity index (χ0n) is 14.5. The minimum Gasteiger partial charge on any atom is -0.493 e. The van der Waals surface area contributed by atoms with Crippen molar-refractivity contribution in [2.45, 2.75) is 25.9 Å². The fraction of sp³-hybridized carbons (Fsp3) is 0.389. The van der Waals surface area contributed by atoms with Gasteiger partial charge in [-0.05, 0) is 18.2 Å². The molecule has 1 aromatic heterocycles. The van der Waals surface area contributed by atoms with E-state index in [4.69, 9.17) is 18.6 Å². The Morgan fingerprint density at radius 3 is 2.31 bits per heavy atom. The van der Waals surface area contributed by atoms with Gasteiger partial charge >= 0.3 is 17.6 Å². The fourth-order valence-electron chi connectivity index (χ4n) is 2.15. The second kappa shape index (κ2) is 8.48. The van der Waals surface area contributed by atoms with Crippen molar-refractivity contribution in [2.24, 2.45) is 0 Å². The van der Waals surface area contributed by atoms with Gasteiger partial charge in [0.15, 0.2) is 0 Å². The predicted molar refractivity (Wildman–Crippen MR) is 90.8 cm³/mol. The quantitative estimate of drug-likeness (QED) is 0.553. The molecule has 1 N–H and O–H groups in total. The molecular weight excluding hydrogens is 344 g/mol. The molecule has 8 heteroatoms. The summed E-state index contributed by atoms with van der Waals surface area (Å²) >= 11 is 0. The SMILES string of the molecule is CC(=O)OCC(O)(CCOc1ccc2ccc(=O)oc2c1)COC(C)=O. The molecule has 8 nitrogen and oxygen atoms in total. The van der Waals surface area contributed by atoms with Gasteiger partial charge in [-0.1, -0.05) is 0 Å². The van der Waals surface area contributed by atoms with Crippen LogP contribution in [0.2, 0.25) is 0 Å². The average Bonchev–Trinajstić information content (AvgIpc) is 2.58. The minimum atomic E-state index is -1.57. The van der Waals surface area contributed by atoms with Crippen LogP contribution < -0.4 is 10.4 Å². The fourth-order valence-corrected chi connectivity index (χ4v) is 2.15. The van der Waals surface area contributed by atoms with Gasteiger partial charge in [0.1, 0.15) is 30.1 Å². The number of esters is 2. The van der Waals surface area contributed by atoms with Crippen LogP contribution in [0.25, 0.3) is 11.0 Å². The third-order valence-corrected chi connectivity index (χ3v) is 3.52. The van der Waals surface area contributed by atoms with Gasteiger partial charge in [-0.25, -0.2) is 4.79 Å². The van der Waals surface area contributed by atoms with Gasteiger partial charge in [0.2, 0.25) is 0 Å². The molecule has 2 rings (SSSR count). The molecule has 0 bridgehead atoms. The molecule has 0 aliphatic heterocycles. The van der Waals surface area contributed by atoms with Gasteiger partial charge in [-0.3, -0.25) is 9.59 Å². The van der Waals surface area contributed by atoms with Crippen LogP contribution in [-0.2, 0) is 19.1 Å². The van der Waals surface area contributed by atoms with Gasteiger partial charge in [-0.2, -0.15) is 0 Å². The van der Waals surface area contributed by atoms with E-state index in [0.717, 1.165) is 5.39 Å². The van der Waals surface area contributed by atoms with Gasteiger partial charge in [-0.15, -0.1) is 0 Å². The Labute approximate surface area is 149 Å². The summed E-state index contributed by atoms with van der Waals surface area (Å²) in [6, 6.07) is 7.96. The summed E-state index contributed by atoms with van der Waals surface area (Å²) in [6.07, 6.45) is 0.0460. The molecule has 1 aromatic carbocycles. The van der Waals surface area contributed by atoms with Crippen molar-refractivity contribution in [3.8, 4) is 5.75 Å². The number of benzene rings is 1. The van der Waals surface area contributed by atoms with Crippen LogP contribution in [0.5, 0.6) is 5.75 Å². The van der Waals surface area contributed by atoms with Gasteiger partial charge in [0.05, 0.1) is 6.61 Å². The number of fused-ring (bicyclic) bond motifs is 1. The Balaban J connectivity index is 2.00. The van der Waals surface area contributed by atoms with Crippen LogP contribution in [-0.4, -0.2) is 42.5 Å². The van der Waals surface area contributed by atoms with Gasteiger partial charge in [0, 0.05) is 37.8 Å². The first-order valence-electron chi connectivity index (χ1n) is 7.93. The van der Waals surface area contributed by atoms with Crippen LogP contribution in [0.15, 0.2) is 39.5 Å². The molecule has 0 aliphatic rings. The van der Waals surface area contributed by atoms with Crippen molar-refractivity contribution >= 4 is 22.9 Å². The summed E-state index contributed by atoms with van der Waals surface area (Å²) in [6.45, 7) is 1.83. The Morgan fingerprint density at radius 1 is 1.08 bits per heavy atom. The van der Waals surface area contributed by atoms with Crippen LogP contribution >= 0.6 is 0 Å². The Hall–Kier alpha value is -2.87. The molecule has 0 saturated heterocycles. The third-order valence-electron chi connectivity index (χ3n) is 3.52. The number of carbonyl (C=O) groups excluding carboxylic acids is 2. The van der Waals surface area contributed by atoms with E-state index in [0.29, 0.717) is 11.3 Å². The van der Waals surface area contributed by atoms with E-state index >= 15 is 0 Å². The van der Waals surface area contributed by atoms with E-state index in [1.807, 2.05) is 0 Å². The molecule has 0 unspecified atom stereocenters. The Kier molecular flexibility index (Phi) is 6.35. The van der Waals surface area contributed by atoms with Gasteiger partial charge in [0.25, 0.3) is 0 Å². The normalized spacial score (nSPS) is 11.2. The first-order valence-corrected chi connectivity index (χ1v) is 7.93. The Bertz CT molecular complexity index is 820. The van der Waals surface area contributed by atoms with Crippen LogP contribution in [0.3, 0.4) is 0 Å². The predicted octanol–water partition coefficient (Wildman–Crippen LogP) is 1.42. The van der Waals surface area contributed by atoms with Crippen molar-refractivity contribution < 1.29 is 33.3 Å². The van der Waals surface area contributed by atoms with Crippen LogP contribution in [0, 0.1) is 0 Å². The highest BCUT2D eigenvalue weighted by atomic mass is 16.6. The number of rotatable bonds is 8. The lowest BCUT2D eigenvalue weighted by Crippen LogP contribution is -2.42. The highest BCUT2D eigenvalue weighted by Crippen LogP contribution is 2.21. The molecule has 0 spiro atoms. The van der Waals surface area contributed by atoms with Crippen molar-refractivity contribution in [1.29, 1.82) is 0 Å². The summed E-state index contributed by atoms with van der Waals surface area (Å²) in [4.78, 5) is 33.2. The van der Waals surface area contributed by atoms with E-state index in [1.54, 1.807) is 24.3 Å². The topological polar surface area (TPSA) is 112 Å². The minimum absolute atomic E-state index is 0.0460. The standard InChI is InChI=1S/C18H20O8/c1-12(19)24-10-18(22,11-25-13(2)20)7-8-23-15-5-3-14-4-6-17(21)26-16(14)9-15/h3-6,9,22H,7-8,10-11H2,1-2H3. The summed E-state index contributed by atoms with van der Waals surface area (Å²) in [5, 5.41) is 11.2. The number of carbonyl (C=O) groups is 2. The molecule has 26 heavy (non-hydrogen) atoms. The summed E-state index contributed by atoms with van der Waals surface area (Å²) in [5.74, 6) is -0.678. The number of aliphatic hydroxyl groups is 1. The zero-order chi connectivity index (χ0) is 19.2. The summed E-state index contributed by atoms with van der Waals surface area (Å²) in [7, 11) is 0. The van der Waals surface area contributed by atoms with Crippen LogP contribution in [0.4, 0.5) is 0 Å². The molecule has 0 saturated carbocycles. The van der Waals surface area contributed by atoms with Crippen LogP contribution in [0.1, 0.15) is 20.3 Å². The maximum atomic E-state index is 11.3. The maximum Gasteiger partial charge on any atom is 0.336 e. The number of hydrogen-bond donors (Lipinski definition) is 1. The average molecular weight is 364 g/mol. The van der Waals surface area contributed by atoms with Crippen molar-refractivity contribution in [1.82, 2.24) is 0 Å². The van der Waals surface area contributed by atoms with E-state index in [2.05, 4.69) is 0 Å². The molecular formula is C18H20O8. The smallest absolute Gasteiger partial charge is 0.336 e. The molecule has 2 aromatic rings. The van der Waals surface area contributed by atoms with E-state index < -0.39 is 23.2 Å². The molecule has 0 radical (unpaired) electrons. The molecule has 1 heterocycles. The van der Waals surface area contributed by atoms with E-state index in [9.17, 15) is 19.5 Å². The van der Waals surface area contributed by atoms with E-state index in [1.165, 1.54) is 19.9 Å². The zero-order valence-corrected chi connectivity index (χ0v) is 14.5. The highest BCUT2D eigenvalue weighted by Gasteiger charge is 2.30. The van der Waals surface area contributed by atoms with Gasteiger partial charge < -0.3 is 23.7 Å². The van der Waals surface area contributed by atoms with Crippen molar-refractivity contribution in [3.05, 3.63) is 40.8 Å². The lowest BCUT2D eigenvalue weighted by atomic mass is 10.0. The summed E-state index contributed by atoms with van der Waals surface area (Å²) < 4.78 is 20.3. The second-order valence-electron chi connectivity index (χ2n) is 5.84. The lowest BCUT2D eigenvalue weighted by molar-refractivity contribution is -0.161. The highest BCUT2D eigenvalue weighted by molar-refractivity contribution is 5.77. The monoisotopic (exact) mass is 364 g/mol. The van der Waals surface area contributed by atoms with Crippen molar-refractivity contribution in [2.75, 3.05) is 19.8 Å². The van der Waals surface area contributed by atoms with E-state index in [-0.39, 0.29) is 26.2 Å². The Morgan fingerprint density at radius 2 is 1.69 bits per heavy atom. The molecule has 0 aliphatic carbocycles. The largest absolute Gasteiger partial charge is 0.493 e. The first-order chi connectivity index (χ1) is 12.3. The molecule has 0 fully saturated rings. The number of ether oxygens (including phenoxy) is 3. The lowest BCUT2D eigenvalue weighted by Gasteiger charge is -2.26. The third kappa shape index (κ3) is 5.89. The van der Waals surface area contributed by atoms with Crippen molar-refractivity contribution in [3.63, 3.8) is 0 Å². The first kappa shape index (κ1) is 19.5. The summed E-state index contributed by atoms with van der Waals surface area (Å²) in [5.41, 5.74) is -1.65. The second-order valence-corrected chi connectivity index (χ2v) is 5.84. The molecule has 0 atom stereocenters. The maximum absolute atomic E-state index is 11.3. The molecule has 140 valence electrons.